The van der Waals surface area contributed by atoms with Gasteiger partial charge in [0.1, 0.15) is 0 Å². The Kier molecular flexibility index (Phi) is 6.65. The summed E-state index contributed by atoms with van der Waals surface area (Å²) in [7, 11) is 0. The predicted molar refractivity (Wildman–Crippen MR) is 109 cm³/mol. The van der Waals surface area contributed by atoms with Crippen molar-refractivity contribution in [2.75, 3.05) is 6.54 Å². The number of carbonyl (C=O) groups is 1. The highest BCUT2D eigenvalue weighted by Crippen LogP contribution is 2.38. The molecule has 0 amide bonds. The second-order valence-electron chi connectivity index (χ2n) is 7.22. The van der Waals surface area contributed by atoms with Crippen molar-refractivity contribution in [3.63, 3.8) is 0 Å². The predicted octanol–water partition coefficient (Wildman–Crippen LogP) is 5.74. The molecule has 0 saturated carbocycles. The summed E-state index contributed by atoms with van der Waals surface area (Å²) in [5.41, 5.74) is 1.26. The molecule has 0 spiro atoms. The van der Waals surface area contributed by atoms with Crippen LogP contribution < -0.4 is 0 Å². The average molecular weight is 503 g/mol. The van der Waals surface area contributed by atoms with Crippen LogP contribution in [0.3, 0.4) is 0 Å². The second-order valence-corrected chi connectivity index (χ2v) is 8.47. The first-order valence-corrected chi connectivity index (χ1v) is 10.2. The number of hydrogen-bond donors (Lipinski definition) is 1. The number of nitrogens with zero attached hydrogens (tertiary/aromatic N) is 1. The van der Waals surface area contributed by atoms with Crippen molar-refractivity contribution in [2.24, 2.45) is 5.92 Å². The van der Waals surface area contributed by atoms with Crippen molar-refractivity contribution >= 4 is 28.6 Å². The van der Waals surface area contributed by atoms with E-state index in [1.54, 1.807) is 0 Å². The Morgan fingerprint density at radius 3 is 2.32 bits per heavy atom. The molecule has 1 N–H and O–H groups in total. The third kappa shape index (κ3) is 5.47. The maximum Gasteiger partial charge on any atom is 0.416 e. The van der Waals surface area contributed by atoms with E-state index in [9.17, 15) is 18.0 Å². The van der Waals surface area contributed by atoms with Crippen LogP contribution in [-0.2, 0) is 17.5 Å². The van der Waals surface area contributed by atoms with E-state index in [1.807, 2.05) is 12.1 Å². The summed E-state index contributed by atoms with van der Waals surface area (Å²) in [6, 6.07) is 13.3. The summed E-state index contributed by atoms with van der Waals surface area (Å²) < 4.78 is 39.8. The van der Waals surface area contributed by atoms with E-state index in [4.69, 9.17) is 5.11 Å². The second kappa shape index (κ2) is 8.82. The lowest BCUT2D eigenvalue weighted by Crippen LogP contribution is -2.37. The molecule has 2 unspecified atom stereocenters. The van der Waals surface area contributed by atoms with Gasteiger partial charge in [-0.2, -0.15) is 13.2 Å². The summed E-state index contributed by atoms with van der Waals surface area (Å²) in [6.07, 6.45) is -2.87. The lowest BCUT2D eigenvalue weighted by Gasteiger charge is -2.39. The molecule has 3 nitrogen and oxygen atoms in total. The Morgan fingerprint density at radius 1 is 1.11 bits per heavy atom. The van der Waals surface area contributed by atoms with E-state index >= 15 is 0 Å². The Morgan fingerprint density at radius 2 is 1.75 bits per heavy atom. The monoisotopic (exact) mass is 503 g/mol. The first kappa shape index (κ1) is 21.1. The third-order valence-electron chi connectivity index (χ3n) is 5.21. The van der Waals surface area contributed by atoms with Crippen molar-refractivity contribution in [3.8, 4) is 0 Å². The maximum atomic E-state index is 12.9. The Labute approximate surface area is 175 Å². The van der Waals surface area contributed by atoms with E-state index < -0.39 is 17.7 Å². The Bertz CT molecular complexity index is 806. The molecule has 0 radical (unpaired) electrons. The van der Waals surface area contributed by atoms with E-state index in [0.29, 0.717) is 13.0 Å². The van der Waals surface area contributed by atoms with Crippen LogP contribution in [0.15, 0.2) is 48.5 Å². The number of benzene rings is 2. The fraction of sp³-hybridized carbons (Fsp3) is 0.381. The largest absolute Gasteiger partial charge is 0.481 e. The SMILES string of the molecule is O=C(O)CC1CCN(Cc2ccc(I)cc2)C(c2ccc(C(F)(F)F)cc2)C1. The molecule has 1 saturated heterocycles. The van der Waals surface area contributed by atoms with Gasteiger partial charge in [0.25, 0.3) is 0 Å². The summed E-state index contributed by atoms with van der Waals surface area (Å²) in [6.45, 7) is 1.40. The topological polar surface area (TPSA) is 40.5 Å². The maximum absolute atomic E-state index is 12.9. The molecule has 2 aromatic rings. The van der Waals surface area contributed by atoms with Gasteiger partial charge in [0.15, 0.2) is 0 Å². The molecule has 0 aliphatic carbocycles. The molecule has 1 aliphatic heterocycles. The molecule has 1 fully saturated rings. The van der Waals surface area contributed by atoms with Crippen molar-refractivity contribution in [3.05, 3.63) is 68.8 Å². The molecule has 1 aliphatic rings. The number of halogens is 4. The molecule has 0 aromatic heterocycles. The number of carboxylic acid groups (broad SMARTS) is 1. The van der Waals surface area contributed by atoms with Crippen LogP contribution in [0.25, 0.3) is 0 Å². The first-order valence-electron chi connectivity index (χ1n) is 9.10. The summed E-state index contributed by atoms with van der Waals surface area (Å²) in [4.78, 5) is 13.4. The zero-order chi connectivity index (χ0) is 20.3. The van der Waals surface area contributed by atoms with Crippen LogP contribution in [0.2, 0.25) is 0 Å². The van der Waals surface area contributed by atoms with Gasteiger partial charge < -0.3 is 5.11 Å². The van der Waals surface area contributed by atoms with E-state index in [0.717, 1.165) is 39.8 Å². The molecule has 1 heterocycles. The van der Waals surface area contributed by atoms with Crippen LogP contribution in [0, 0.1) is 9.49 Å². The molecule has 2 aromatic carbocycles. The summed E-state index contributed by atoms with van der Waals surface area (Å²) in [5, 5.41) is 9.14. The fourth-order valence-corrected chi connectivity index (χ4v) is 4.13. The number of aliphatic carboxylic acids is 1. The van der Waals surface area contributed by atoms with E-state index in [1.165, 1.54) is 12.1 Å². The quantitative estimate of drug-likeness (QED) is 0.530. The summed E-state index contributed by atoms with van der Waals surface area (Å²) in [5.74, 6) is -0.806. The van der Waals surface area contributed by atoms with Crippen LogP contribution in [0.4, 0.5) is 13.2 Å². The molecule has 7 heteroatoms. The van der Waals surface area contributed by atoms with Crippen molar-refractivity contribution in [1.29, 1.82) is 0 Å². The van der Waals surface area contributed by atoms with Crippen molar-refractivity contribution in [2.45, 2.75) is 38.0 Å². The van der Waals surface area contributed by atoms with Crippen LogP contribution >= 0.6 is 22.6 Å². The molecule has 3 rings (SSSR count). The lowest BCUT2D eigenvalue weighted by atomic mass is 9.84. The minimum absolute atomic E-state index is 0.0257. The number of rotatable bonds is 5. The molecule has 2 atom stereocenters. The van der Waals surface area contributed by atoms with Gasteiger partial charge in [0, 0.05) is 22.6 Å². The van der Waals surface area contributed by atoms with Gasteiger partial charge in [0.05, 0.1) is 5.56 Å². The summed E-state index contributed by atoms with van der Waals surface area (Å²) >= 11 is 2.24. The number of piperidine rings is 1. The van der Waals surface area contributed by atoms with Crippen molar-refractivity contribution < 1.29 is 23.1 Å². The zero-order valence-corrected chi connectivity index (χ0v) is 17.3. The smallest absolute Gasteiger partial charge is 0.416 e. The Balaban J connectivity index is 1.83. The molecular formula is C21H21F3INO2. The Hall–Kier alpha value is -1.61. The first-order chi connectivity index (χ1) is 13.2. The van der Waals surface area contributed by atoms with Gasteiger partial charge in [-0.05, 0) is 83.3 Å². The van der Waals surface area contributed by atoms with Crippen LogP contribution in [0.5, 0.6) is 0 Å². The molecule has 150 valence electrons. The normalized spacial score (nSPS) is 20.9. The zero-order valence-electron chi connectivity index (χ0n) is 15.1. The molecule has 28 heavy (non-hydrogen) atoms. The third-order valence-corrected chi connectivity index (χ3v) is 5.93. The highest BCUT2D eigenvalue weighted by Gasteiger charge is 2.33. The van der Waals surface area contributed by atoms with Gasteiger partial charge in [-0.15, -0.1) is 0 Å². The minimum atomic E-state index is -4.36. The van der Waals surface area contributed by atoms with Gasteiger partial charge in [-0.25, -0.2) is 0 Å². The highest BCUT2D eigenvalue weighted by molar-refractivity contribution is 14.1. The standard InChI is InChI=1S/C21H21F3INO2/c22-21(23,24)17-5-3-16(4-6-17)19-11-15(12-20(27)28)9-10-26(19)13-14-1-7-18(25)8-2-14/h1-8,15,19H,9-13H2,(H,27,28). The number of carboxylic acids is 1. The number of alkyl halides is 3. The van der Waals surface area contributed by atoms with Crippen LogP contribution in [0.1, 0.15) is 42.0 Å². The fourth-order valence-electron chi connectivity index (χ4n) is 3.77. The highest BCUT2D eigenvalue weighted by atomic mass is 127. The van der Waals surface area contributed by atoms with Gasteiger partial charge >= 0.3 is 12.1 Å². The average Bonchev–Trinajstić information content (AvgIpc) is 2.64. The van der Waals surface area contributed by atoms with Gasteiger partial charge in [-0.3, -0.25) is 9.69 Å². The van der Waals surface area contributed by atoms with Gasteiger partial charge in [-0.1, -0.05) is 24.3 Å². The minimum Gasteiger partial charge on any atom is -0.481 e. The molecule has 0 bridgehead atoms. The van der Waals surface area contributed by atoms with E-state index in [2.05, 4.69) is 39.6 Å². The van der Waals surface area contributed by atoms with Gasteiger partial charge in [0.2, 0.25) is 0 Å². The number of likely N-dealkylation sites (tertiary alicyclic amines) is 1. The van der Waals surface area contributed by atoms with E-state index in [-0.39, 0.29) is 18.4 Å². The lowest BCUT2D eigenvalue weighted by molar-refractivity contribution is -0.139. The van der Waals surface area contributed by atoms with Crippen LogP contribution in [-0.4, -0.2) is 22.5 Å². The van der Waals surface area contributed by atoms with Crippen molar-refractivity contribution in [1.82, 2.24) is 4.90 Å². The number of hydrogen-bond acceptors (Lipinski definition) is 2. The molecular weight excluding hydrogens is 482 g/mol.